The summed E-state index contributed by atoms with van der Waals surface area (Å²) in [5, 5.41) is 9.58. The van der Waals surface area contributed by atoms with Crippen LogP contribution in [0.15, 0.2) is 22.7 Å². The lowest BCUT2D eigenvalue weighted by atomic mass is 9.96. The van der Waals surface area contributed by atoms with Gasteiger partial charge in [0.05, 0.1) is 6.10 Å². The third-order valence-electron chi connectivity index (χ3n) is 2.59. The van der Waals surface area contributed by atoms with Gasteiger partial charge in [-0.05, 0) is 30.0 Å². The molecule has 1 atom stereocenters. The van der Waals surface area contributed by atoms with E-state index >= 15 is 0 Å². The van der Waals surface area contributed by atoms with Crippen molar-refractivity contribution in [3.8, 4) is 0 Å². The zero-order valence-electron chi connectivity index (χ0n) is 11.3. The van der Waals surface area contributed by atoms with Crippen molar-refractivity contribution in [1.29, 1.82) is 0 Å². The van der Waals surface area contributed by atoms with Crippen LogP contribution >= 0.6 is 15.9 Å². The van der Waals surface area contributed by atoms with Crippen molar-refractivity contribution in [2.45, 2.75) is 33.8 Å². The summed E-state index contributed by atoms with van der Waals surface area (Å²) in [5.74, 6) is 0. The molecule has 17 heavy (non-hydrogen) atoms. The smallest absolute Gasteiger partial charge is 0.0772 e. The highest BCUT2D eigenvalue weighted by Gasteiger charge is 2.15. The zero-order chi connectivity index (χ0) is 13.2. The normalized spacial score (nSPS) is 13.6. The van der Waals surface area contributed by atoms with Gasteiger partial charge in [-0.15, -0.1) is 0 Å². The molecule has 1 N–H and O–H groups in total. The molecule has 0 aromatic heterocycles. The third-order valence-corrected chi connectivity index (χ3v) is 3.27. The molecule has 1 aromatic carbocycles. The van der Waals surface area contributed by atoms with Crippen molar-refractivity contribution in [2.75, 3.05) is 18.5 Å². The first-order valence-corrected chi connectivity index (χ1v) is 6.68. The number of hydrogen-bond donors (Lipinski definition) is 1. The third kappa shape index (κ3) is 4.32. The van der Waals surface area contributed by atoms with Crippen LogP contribution in [0, 0.1) is 5.41 Å². The first-order chi connectivity index (χ1) is 7.70. The molecule has 0 aliphatic heterocycles. The lowest BCUT2D eigenvalue weighted by molar-refractivity contribution is 0.198. The topological polar surface area (TPSA) is 23.5 Å². The molecule has 96 valence electrons. The van der Waals surface area contributed by atoms with Crippen LogP contribution in [0.4, 0.5) is 5.69 Å². The number of nitrogens with zero attached hydrogens (tertiary/aromatic N) is 1. The number of aliphatic hydroxyl groups is 1. The van der Waals surface area contributed by atoms with Crippen molar-refractivity contribution < 1.29 is 5.11 Å². The number of aliphatic hydroxyl groups excluding tert-OH is 1. The van der Waals surface area contributed by atoms with E-state index in [2.05, 4.69) is 60.8 Å². The Morgan fingerprint density at radius 1 is 1.35 bits per heavy atom. The highest BCUT2D eigenvalue weighted by Crippen LogP contribution is 2.29. The van der Waals surface area contributed by atoms with Crippen LogP contribution in [0.5, 0.6) is 0 Å². The van der Waals surface area contributed by atoms with Crippen LogP contribution in [0.2, 0.25) is 0 Å². The van der Waals surface area contributed by atoms with Crippen LogP contribution in [0.3, 0.4) is 0 Å². The van der Waals surface area contributed by atoms with Gasteiger partial charge in [-0.1, -0.05) is 42.8 Å². The summed E-state index contributed by atoms with van der Waals surface area (Å²) >= 11 is 3.51. The standard InChI is InChI=1S/C14H22BrNO/c1-10(17)12-7-6-11(8-13(12)15)16(5)9-14(2,3)4/h6-8,10,17H,9H2,1-5H3/t10-/m0/s1. The molecular formula is C14H22BrNO. The van der Waals surface area contributed by atoms with Crippen molar-refractivity contribution in [2.24, 2.45) is 5.41 Å². The van der Waals surface area contributed by atoms with Gasteiger partial charge in [-0.2, -0.15) is 0 Å². The van der Waals surface area contributed by atoms with Crippen molar-refractivity contribution >= 4 is 21.6 Å². The molecule has 0 heterocycles. The van der Waals surface area contributed by atoms with Crippen LogP contribution in [0.1, 0.15) is 39.4 Å². The predicted molar refractivity (Wildman–Crippen MR) is 77.5 cm³/mol. The summed E-state index contributed by atoms with van der Waals surface area (Å²) in [4.78, 5) is 2.23. The first kappa shape index (κ1) is 14.5. The zero-order valence-corrected chi connectivity index (χ0v) is 12.9. The Balaban J connectivity index is 2.90. The van der Waals surface area contributed by atoms with Gasteiger partial charge in [0.15, 0.2) is 0 Å². The van der Waals surface area contributed by atoms with E-state index in [4.69, 9.17) is 0 Å². The molecule has 0 aliphatic rings. The summed E-state index contributed by atoms with van der Waals surface area (Å²) < 4.78 is 0.964. The minimum absolute atomic E-state index is 0.268. The fourth-order valence-electron chi connectivity index (χ4n) is 1.90. The number of rotatable bonds is 3. The Labute approximate surface area is 113 Å². The maximum atomic E-state index is 9.58. The van der Waals surface area contributed by atoms with Gasteiger partial charge in [0.1, 0.15) is 0 Å². The summed E-state index contributed by atoms with van der Waals surface area (Å²) in [7, 11) is 2.09. The molecular weight excluding hydrogens is 278 g/mol. The Kier molecular flexibility index (Phi) is 4.62. The van der Waals surface area contributed by atoms with Gasteiger partial charge in [0.25, 0.3) is 0 Å². The van der Waals surface area contributed by atoms with Crippen LogP contribution < -0.4 is 4.90 Å². The van der Waals surface area contributed by atoms with Crippen LogP contribution in [-0.2, 0) is 0 Å². The Bertz CT molecular complexity index is 382. The van der Waals surface area contributed by atoms with Gasteiger partial charge in [-0.25, -0.2) is 0 Å². The summed E-state index contributed by atoms with van der Waals surface area (Å²) in [6, 6.07) is 6.09. The number of hydrogen-bond acceptors (Lipinski definition) is 2. The van der Waals surface area contributed by atoms with Crippen molar-refractivity contribution in [1.82, 2.24) is 0 Å². The molecule has 1 aromatic rings. The molecule has 0 amide bonds. The first-order valence-electron chi connectivity index (χ1n) is 5.89. The minimum Gasteiger partial charge on any atom is -0.389 e. The maximum Gasteiger partial charge on any atom is 0.0772 e. The molecule has 0 fully saturated rings. The molecule has 0 unspecified atom stereocenters. The van der Waals surface area contributed by atoms with E-state index in [1.54, 1.807) is 6.92 Å². The van der Waals surface area contributed by atoms with E-state index in [-0.39, 0.29) is 5.41 Å². The van der Waals surface area contributed by atoms with E-state index < -0.39 is 6.10 Å². The van der Waals surface area contributed by atoms with E-state index in [0.717, 1.165) is 22.3 Å². The molecule has 3 heteroatoms. The monoisotopic (exact) mass is 299 g/mol. The lowest BCUT2D eigenvalue weighted by Crippen LogP contribution is -2.29. The van der Waals surface area contributed by atoms with E-state index in [1.165, 1.54) is 0 Å². The summed E-state index contributed by atoms with van der Waals surface area (Å²) in [6.07, 6.45) is -0.439. The van der Waals surface area contributed by atoms with Crippen LogP contribution in [-0.4, -0.2) is 18.7 Å². The Morgan fingerprint density at radius 2 is 1.94 bits per heavy atom. The highest BCUT2D eigenvalue weighted by molar-refractivity contribution is 9.10. The maximum absolute atomic E-state index is 9.58. The fraction of sp³-hybridized carbons (Fsp3) is 0.571. The predicted octanol–water partition coefficient (Wildman–Crippen LogP) is 3.98. The quantitative estimate of drug-likeness (QED) is 0.912. The second-order valence-electron chi connectivity index (χ2n) is 5.80. The van der Waals surface area contributed by atoms with Gasteiger partial charge in [0, 0.05) is 23.8 Å². The molecule has 0 bridgehead atoms. The molecule has 0 saturated heterocycles. The average molecular weight is 300 g/mol. The molecule has 0 spiro atoms. The molecule has 0 radical (unpaired) electrons. The SMILES string of the molecule is C[C@H](O)c1ccc(N(C)CC(C)(C)C)cc1Br. The molecule has 0 saturated carbocycles. The van der Waals surface area contributed by atoms with Crippen molar-refractivity contribution in [3.05, 3.63) is 28.2 Å². The Hall–Kier alpha value is -0.540. The van der Waals surface area contributed by atoms with Gasteiger partial charge >= 0.3 is 0 Å². The van der Waals surface area contributed by atoms with E-state index in [9.17, 15) is 5.11 Å². The fourth-order valence-corrected chi connectivity index (χ4v) is 2.59. The average Bonchev–Trinajstić information content (AvgIpc) is 2.14. The summed E-state index contributed by atoms with van der Waals surface area (Å²) in [5.41, 5.74) is 2.36. The van der Waals surface area contributed by atoms with Gasteiger partial charge < -0.3 is 10.0 Å². The highest BCUT2D eigenvalue weighted by atomic mass is 79.9. The number of halogens is 1. The van der Waals surface area contributed by atoms with Crippen molar-refractivity contribution in [3.63, 3.8) is 0 Å². The minimum atomic E-state index is -0.439. The second kappa shape index (κ2) is 5.40. The van der Waals surface area contributed by atoms with Gasteiger partial charge in [-0.3, -0.25) is 0 Å². The number of anilines is 1. The molecule has 2 nitrogen and oxygen atoms in total. The lowest BCUT2D eigenvalue weighted by Gasteiger charge is -2.28. The van der Waals surface area contributed by atoms with E-state index in [1.807, 2.05) is 6.07 Å². The summed E-state index contributed by atoms with van der Waals surface area (Å²) in [6.45, 7) is 9.44. The van der Waals surface area contributed by atoms with Gasteiger partial charge in [0.2, 0.25) is 0 Å². The second-order valence-corrected chi connectivity index (χ2v) is 6.65. The molecule has 0 aliphatic carbocycles. The van der Waals surface area contributed by atoms with E-state index in [0.29, 0.717) is 0 Å². The number of benzene rings is 1. The van der Waals surface area contributed by atoms with Crippen LogP contribution in [0.25, 0.3) is 0 Å². The Morgan fingerprint density at radius 3 is 2.35 bits per heavy atom. The largest absolute Gasteiger partial charge is 0.389 e. The molecule has 1 rings (SSSR count).